The molecule has 1 rings (SSSR count). The molecule has 0 spiro atoms. The van der Waals surface area contributed by atoms with Crippen molar-refractivity contribution in [3.05, 3.63) is 35.4 Å². The Morgan fingerprint density at radius 1 is 1.50 bits per heavy atom. The maximum Gasteiger partial charge on any atom is 0.245 e. The molecule has 0 aliphatic heterocycles. The van der Waals surface area contributed by atoms with Gasteiger partial charge in [-0.05, 0) is 42.3 Å². The molecule has 14 heavy (non-hydrogen) atoms. The molecule has 0 saturated heterocycles. The third-order valence-corrected chi connectivity index (χ3v) is 1.91. The molecule has 0 aliphatic carbocycles. The van der Waals surface area contributed by atoms with Crippen LogP contribution in [0.5, 0.6) is 5.75 Å². The molecular weight excluding hydrogens is 200 g/mol. The number of aryl methyl sites for hydroxylation is 1. The van der Waals surface area contributed by atoms with Crippen molar-refractivity contribution >= 4 is 22.9 Å². The third kappa shape index (κ3) is 2.89. The number of methoxy groups -OCH3 is 1. The molecule has 0 amide bonds. The zero-order valence-electron chi connectivity index (χ0n) is 8.08. The van der Waals surface area contributed by atoms with Gasteiger partial charge in [-0.25, -0.2) is 0 Å². The summed E-state index contributed by atoms with van der Waals surface area (Å²) >= 11 is 5.19. The second-order valence-electron chi connectivity index (χ2n) is 2.88. The molecule has 0 radical (unpaired) electrons. The summed E-state index contributed by atoms with van der Waals surface area (Å²) in [5, 5.41) is -0.493. The topological polar surface area (TPSA) is 26.3 Å². The molecule has 0 aromatic heterocycles. The smallest absolute Gasteiger partial charge is 0.245 e. The maximum absolute atomic E-state index is 10.5. The number of halogens is 1. The van der Waals surface area contributed by atoms with Crippen LogP contribution in [0.2, 0.25) is 0 Å². The fourth-order valence-corrected chi connectivity index (χ4v) is 1.17. The van der Waals surface area contributed by atoms with E-state index in [9.17, 15) is 4.79 Å². The van der Waals surface area contributed by atoms with Gasteiger partial charge in [0.05, 0.1) is 7.11 Å². The average molecular weight is 211 g/mol. The minimum absolute atomic E-state index is 0.493. The van der Waals surface area contributed by atoms with Crippen LogP contribution in [0.3, 0.4) is 0 Å². The highest BCUT2D eigenvalue weighted by Crippen LogP contribution is 2.21. The van der Waals surface area contributed by atoms with Gasteiger partial charge in [-0.1, -0.05) is 12.1 Å². The van der Waals surface area contributed by atoms with Gasteiger partial charge in [-0.15, -0.1) is 0 Å². The highest BCUT2D eigenvalue weighted by atomic mass is 35.5. The predicted molar refractivity (Wildman–Crippen MR) is 57.6 cm³/mol. The van der Waals surface area contributed by atoms with Gasteiger partial charge in [0, 0.05) is 5.56 Å². The van der Waals surface area contributed by atoms with Crippen molar-refractivity contribution in [1.29, 1.82) is 0 Å². The molecule has 0 aliphatic rings. The minimum Gasteiger partial charge on any atom is -0.496 e. The molecule has 0 bridgehead atoms. The van der Waals surface area contributed by atoms with E-state index in [1.165, 1.54) is 6.08 Å². The van der Waals surface area contributed by atoms with Crippen LogP contribution in [0.15, 0.2) is 24.3 Å². The first-order chi connectivity index (χ1) is 6.63. The van der Waals surface area contributed by atoms with E-state index in [0.717, 1.165) is 16.9 Å². The van der Waals surface area contributed by atoms with Gasteiger partial charge in [-0.3, -0.25) is 4.79 Å². The molecular formula is C11H11ClO2. The number of benzene rings is 1. The number of hydrogen-bond acceptors (Lipinski definition) is 2. The Morgan fingerprint density at radius 2 is 2.21 bits per heavy atom. The molecule has 0 unspecified atom stereocenters. The van der Waals surface area contributed by atoms with Crippen molar-refractivity contribution < 1.29 is 9.53 Å². The Kier molecular flexibility index (Phi) is 3.72. The first-order valence-corrected chi connectivity index (χ1v) is 4.53. The van der Waals surface area contributed by atoms with Gasteiger partial charge < -0.3 is 4.74 Å². The summed E-state index contributed by atoms with van der Waals surface area (Å²) in [6.07, 6.45) is 2.93. The second-order valence-corrected chi connectivity index (χ2v) is 3.26. The Morgan fingerprint density at radius 3 is 2.79 bits per heavy atom. The van der Waals surface area contributed by atoms with Crippen LogP contribution in [-0.4, -0.2) is 12.4 Å². The summed E-state index contributed by atoms with van der Waals surface area (Å²) in [6.45, 7) is 1.97. The van der Waals surface area contributed by atoms with E-state index in [1.54, 1.807) is 13.2 Å². The lowest BCUT2D eigenvalue weighted by molar-refractivity contribution is -0.107. The summed E-state index contributed by atoms with van der Waals surface area (Å²) in [4.78, 5) is 10.5. The number of hydrogen-bond donors (Lipinski definition) is 0. The number of carbonyl (C=O) groups is 1. The van der Waals surface area contributed by atoms with E-state index in [4.69, 9.17) is 16.3 Å². The summed E-state index contributed by atoms with van der Waals surface area (Å²) in [5.41, 5.74) is 1.95. The van der Waals surface area contributed by atoms with Gasteiger partial charge in [0.25, 0.3) is 0 Å². The zero-order chi connectivity index (χ0) is 10.6. The third-order valence-electron chi connectivity index (χ3n) is 1.78. The Hall–Kier alpha value is -1.28. The molecule has 1 aromatic rings. The molecule has 0 saturated carbocycles. The summed E-state index contributed by atoms with van der Waals surface area (Å²) in [5.74, 6) is 0.735. The Bertz CT molecular complexity index is 370. The first kappa shape index (κ1) is 10.8. The van der Waals surface area contributed by atoms with Crippen molar-refractivity contribution in [2.75, 3.05) is 7.11 Å². The van der Waals surface area contributed by atoms with E-state index in [0.29, 0.717) is 0 Å². The van der Waals surface area contributed by atoms with Crippen molar-refractivity contribution in [2.24, 2.45) is 0 Å². The van der Waals surface area contributed by atoms with Crippen molar-refractivity contribution in [3.63, 3.8) is 0 Å². The van der Waals surface area contributed by atoms with Crippen molar-refractivity contribution in [2.45, 2.75) is 6.92 Å². The lowest BCUT2D eigenvalue weighted by Crippen LogP contribution is -1.88. The fraction of sp³-hybridized carbons (Fsp3) is 0.182. The van der Waals surface area contributed by atoms with Crippen LogP contribution in [0.4, 0.5) is 0 Å². The zero-order valence-corrected chi connectivity index (χ0v) is 8.84. The van der Waals surface area contributed by atoms with Crippen LogP contribution in [-0.2, 0) is 4.79 Å². The van der Waals surface area contributed by atoms with Gasteiger partial charge >= 0.3 is 0 Å². The predicted octanol–water partition coefficient (Wildman–Crippen LogP) is 2.78. The fourth-order valence-electron chi connectivity index (χ4n) is 1.11. The number of rotatable bonds is 3. The second kappa shape index (κ2) is 4.82. The molecule has 0 heterocycles. The molecule has 0 fully saturated rings. The SMILES string of the molecule is COc1cc(C)ccc1/C=C/C(=O)Cl. The van der Waals surface area contributed by atoms with Crippen LogP contribution >= 0.6 is 11.6 Å². The normalized spacial score (nSPS) is 10.5. The van der Waals surface area contributed by atoms with Crippen LogP contribution < -0.4 is 4.74 Å². The standard InChI is InChI=1S/C11H11ClO2/c1-8-3-4-9(5-6-11(12)13)10(7-8)14-2/h3-7H,1-2H3/b6-5+. The van der Waals surface area contributed by atoms with E-state index >= 15 is 0 Å². The molecule has 74 valence electrons. The van der Waals surface area contributed by atoms with Crippen LogP contribution in [0, 0.1) is 6.92 Å². The molecule has 0 atom stereocenters. The Balaban J connectivity index is 3.02. The molecule has 1 aromatic carbocycles. The lowest BCUT2D eigenvalue weighted by Gasteiger charge is -2.04. The first-order valence-electron chi connectivity index (χ1n) is 4.15. The lowest BCUT2D eigenvalue weighted by atomic mass is 10.1. The average Bonchev–Trinajstić information content (AvgIpc) is 2.15. The van der Waals surface area contributed by atoms with Crippen LogP contribution in [0.25, 0.3) is 6.08 Å². The summed E-state index contributed by atoms with van der Waals surface area (Å²) < 4.78 is 5.15. The van der Waals surface area contributed by atoms with Crippen molar-refractivity contribution in [1.82, 2.24) is 0 Å². The van der Waals surface area contributed by atoms with Gasteiger partial charge in [0.2, 0.25) is 5.24 Å². The van der Waals surface area contributed by atoms with Gasteiger partial charge in [0.15, 0.2) is 0 Å². The number of allylic oxidation sites excluding steroid dienone is 1. The molecule has 0 N–H and O–H groups in total. The number of ether oxygens (including phenoxy) is 1. The van der Waals surface area contributed by atoms with Gasteiger partial charge in [0.1, 0.15) is 5.75 Å². The summed E-state index contributed by atoms with van der Waals surface area (Å²) in [7, 11) is 1.59. The van der Waals surface area contributed by atoms with Gasteiger partial charge in [-0.2, -0.15) is 0 Å². The number of carbonyl (C=O) groups excluding carboxylic acids is 1. The summed E-state index contributed by atoms with van der Waals surface area (Å²) in [6, 6.07) is 5.73. The highest BCUT2D eigenvalue weighted by molar-refractivity contribution is 6.66. The molecule has 2 nitrogen and oxygen atoms in total. The Labute approximate surface area is 88.1 Å². The molecule has 3 heteroatoms. The van der Waals surface area contributed by atoms with E-state index in [-0.39, 0.29) is 0 Å². The van der Waals surface area contributed by atoms with E-state index < -0.39 is 5.24 Å². The van der Waals surface area contributed by atoms with E-state index in [1.807, 2.05) is 25.1 Å². The quantitative estimate of drug-likeness (QED) is 0.567. The highest BCUT2D eigenvalue weighted by Gasteiger charge is 1.99. The minimum atomic E-state index is -0.493. The van der Waals surface area contributed by atoms with E-state index in [2.05, 4.69) is 0 Å². The largest absolute Gasteiger partial charge is 0.496 e. The van der Waals surface area contributed by atoms with Crippen LogP contribution in [0.1, 0.15) is 11.1 Å². The monoisotopic (exact) mass is 210 g/mol. The maximum atomic E-state index is 10.5. The van der Waals surface area contributed by atoms with Crippen molar-refractivity contribution in [3.8, 4) is 5.75 Å².